The van der Waals surface area contributed by atoms with Crippen molar-refractivity contribution in [1.29, 1.82) is 0 Å². The van der Waals surface area contributed by atoms with E-state index in [0.717, 1.165) is 18.4 Å². The van der Waals surface area contributed by atoms with E-state index in [2.05, 4.69) is 5.32 Å². The highest BCUT2D eigenvalue weighted by Crippen LogP contribution is 2.30. The number of ether oxygens (including phenoxy) is 2. The number of methoxy groups -OCH3 is 2. The summed E-state index contributed by atoms with van der Waals surface area (Å²) in [7, 11) is 3.15. The third-order valence-electron chi connectivity index (χ3n) is 4.57. The van der Waals surface area contributed by atoms with Crippen LogP contribution in [0.2, 0.25) is 0 Å². The van der Waals surface area contributed by atoms with E-state index in [4.69, 9.17) is 9.47 Å². The molecule has 1 saturated carbocycles. The lowest BCUT2D eigenvalue weighted by atomic mass is 9.78. The molecule has 1 N–H and O–H groups in total. The van der Waals surface area contributed by atoms with Crippen LogP contribution < -0.4 is 19.9 Å². The first kappa shape index (κ1) is 18.1. The smallest absolute Gasteiger partial charge is 0.223 e. The maximum Gasteiger partial charge on any atom is 0.223 e. The zero-order valence-corrected chi connectivity index (χ0v) is 14.2. The Morgan fingerprint density at radius 1 is 1.12 bits per heavy atom. The van der Waals surface area contributed by atoms with Crippen LogP contribution in [0.25, 0.3) is 0 Å². The van der Waals surface area contributed by atoms with Crippen molar-refractivity contribution in [3.63, 3.8) is 0 Å². The van der Waals surface area contributed by atoms with Gasteiger partial charge in [0.25, 0.3) is 0 Å². The molecule has 0 unspecified atom stereocenters. The van der Waals surface area contributed by atoms with E-state index >= 15 is 0 Å². The molecule has 0 heterocycles. The van der Waals surface area contributed by atoms with Gasteiger partial charge in [0.05, 0.1) is 14.2 Å². The van der Waals surface area contributed by atoms with Crippen LogP contribution in [0.5, 0.6) is 11.5 Å². The number of carboxylic acid groups (broad SMARTS) is 1. The van der Waals surface area contributed by atoms with E-state index in [1.165, 1.54) is 0 Å². The van der Waals surface area contributed by atoms with Gasteiger partial charge in [-0.05, 0) is 37.0 Å². The van der Waals surface area contributed by atoms with Crippen LogP contribution in [0.1, 0.15) is 31.2 Å². The monoisotopic (exact) mass is 334 g/mol. The third-order valence-corrected chi connectivity index (χ3v) is 4.57. The number of carbonyl (C=O) groups excluding carboxylic acids is 2. The van der Waals surface area contributed by atoms with Crippen molar-refractivity contribution >= 4 is 11.9 Å². The highest BCUT2D eigenvalue weighted by molar-refractivity contribution is 5.84. The lowest BCUT2D eigenvalue weighted by Gasteiger charge is -2.31. The molecule has 0 radical (unpaired) electrons. The minimum atomic E-state index is -1.12. The molecule has 0 aliphatic heterocycles. The quantitative estimate of drug-likeness (QED) is 0.801. The summed E-state index contributed by atoms with van der Waals surface area (Å²) in [6.07, 6.45) is 3.50. The first-order valence-corrected chi connectivity index (χ1v) is 8.26. The van der Waals surface area contributed by atoms with Crippen molar-refractivity contribution in [2.75, 3.05) is 20.8 Å². The third kappa shape index (κ3) is 4.40. The molecule has 1 fully saturated rings. The number of carboxylic acids is 1. The number of hydrogen-bond donors (Lipinski definition) is 1. The van der Waals surface area contributed by atoms with Gasteiger partial charge in [-0.25, -0.2) is 0 Å². The number of aliphatic carboxylic acids is 1. The Morgan fingerprint density at radius 2 is 1.79 bits per heavy atom. The molecule has 24 heavy (non-hydrogen) atoms. The predicted molar refractivity (Wildman–Crippen MR) is 86.7 cm³/mol. The summed E-state index contributed by atoms with van der Waals surface area (Å²) in [5.74, 6) is -1.15. The highest BCUT2D eigenvalue weighted by atomic mass is 16.5. The Kier molecular flexibility index (Phi) is 6.46. The highest BCUT2D eigenvalue weighted by Gasteiger charge is 2.31. The predicted octanol–water partition coefficient (Wildman–Crippen LogP) is 0.919. The summed E-state index contributed by atoms with van der Waals surface area (Å²) in [6, 6.07) is 5.61. The molecule has 0 saturated heterocycles. The fourth-order valence-electron chi connectivity index (χ4n) is 3.22. The van der Waals surface area contributed by atoms with Gasteiger partial charge in [-0.15, -0.1) is 0 Å². The lowest BCUT2D eigenvalue weighted by Crippen LogP contribution is -2.44. The van der Waals surface area contributed by atoms with E-state index in [-0.39, 0.29) is 5.91 Å². The Bertz CT molecular complexity index is 587. The van der Waals surface area contributed by atoms with E-state index in [1.54, 1.807) is 14.2 Å². The summed E-state index contributed by atoms with van der Waals surface area (Å²) in [5.41, 5.74) is 1.01. The van der Waals surface area contributed by atoms with Crippen LogP contribution in [0.4, 0.5) is 0 Å². The van der Waals surface area contributed by atoms with Crippen molar-refractivity contribution in [3.8, 4) is 11.5 Å². The van der Waals surface area contributed by atoms with Gasteiger partial charge in [-0.1, -0.05) is 18.9 Å². The van der Waals surface area contributed by atoms with Crippen LogP contribution in [-0.4, -0.2) is 32.6 Å². The lowest BCUT2D eigenvalue weighted by molar-refractivity contribution is -0.314. The van der Waals surface area contributed by atoms with Crippen molar-refractivity contribution in [3.05, 3.63) is 23.8 Å². The van der Waals surface area contributed by atoms with Crippen LogP contribution >= 0.6 is 0 Å². The largest absolute Gasteiger partial charge is 0.550 e. The Balaban J connectivity index is 1.89. The van der Waals surface area contributed by atoms with Gasteiger partial charge in [0.15, 0.2) is 11.5 Å². The summed E-state index contributed by atoms with van der Waals surface area (Å²) < 4.78 is 10.4. The van der Waals surface area contributed by atoms with Gasteiger partial charge in [-0.3, -0.25) is 4.79 Å². The normalized spacial score (nSPS) is 20.2. The second kappa shape index (κ2) is 8.57. The summed E-state index contributed by atoms with van der Waals surface area (Å²) in [5, 5.41) is 14.0. The molecule has 1 aliphatic carbocycles. The molecule has 2 rings (SSSR count). The van der Waals surface area contributed by atoms with E-state index in [0.29, 0.717) is 37.3 Å². The molecule has 0 aromatic heterocycles. The second-order valence-electron chi connectivity index (χ2n) is 6.05. The average molecular weight is 334 g/mol. The van der Waals surface area contributed by atoms with Gasteiger partial charge >= 0.3 is 0 Å². The molecular weight excluding hydrogens is 310 g/mol. The zero-order valence-electron chi connectivity index (χ0n) is 14.2. The van der Waals surface area contributed by atoms with E-state index in [1.807, 2.05) is 18.2 Å². The standard InChI is InChI=1S/C18H25NO5/c1-23-15-8-7-12(11-16(15)24-2)9-10-19-17(20)13-5-3-4-6-14(13)18(21)22/h7-8,11,13-14H,3-6,9-10H2,1-2H3,(H,19,20)(H,21,22)/p-1/t13-,14-/m0/s1. The molecule has 6 nitrogen and oxygen atoms in total. The number of rotatable bonds is 7. The molecule has 0 bridgehead atoms. The summed E-state index contributed by atoms with van der Waals surface area (Å²) in [6.45, 7) is 0.449. The number of amides is 1. The zero-order chi connectivity index (χ0) is 17.5. The number of carbonyl (C=O) groups is 2. The van der Waals surface area contributed by atoms with Gasteiger partial charge in [0, 0.05) is 24.3 Å². The van der Waals surface area contributed by atoms with E-state index in [9.17, 15) is 14.7 Å². The topological polar surface area (TPSA) is 87.7 Å². The fourth-order valence-corrected chi connectivity index (χ4v) is 3.22. The molecule has 1 aliphatic rings. The van der Waals surface area contributed by atoms with Crippen molar-refractivity contribution in [2.24, 2.45) is 11.8 Å². The number of nitrogens with one attached hydrogen (secondary N) is 1. The van der Waals surface area contributed by atoms with Crippen LogP contribution in [-0.2, 0) is 16.0 Å². The Hall–Kier alpha value is -2.24. The molecular formula is C18H24NO5-. The molecule has 6 heteroatoms. The van der Waals surface area contributed by atoms with E-state index < -0.39 is 17.8 Å². The summed E-state index contributed by atoms with van der Waals surface area (Å²) in [4.78, 5) is 23.5. The fraction of sp³-hybridized carbons (Fsp3) is 0.556. The first-order valence-electron chi connectivity index (χ1n) is 8.26. The van der Waals surface area contributed by atoms with Gasteiger partial charge in [-0.2, -0.15) is 0 Å². The second-order valence-corrected chi connectivity index (χ2v) is 6.05. The molecule has 0 spiro atoms. The Morgan fingerprint density at radius 3 is 2.42 bits per heavy atom. The minimum Gasteiger partial charge on any atom is -0.550 e. The molecule has 1 aromatic carbocycles. The summed E-state index contributed by atoms with van der Waals surface area (Å²) >= 11 is 0. The maximum atomic E-state index is 12.3. The first-order chi connectivity index (χ1) is 11.6. The number of benzene rings is 1. The molecule has 1 amide bonds. The van der Waals surface area contributed by atoms with Gasteiger partial charge in [0.1, 0.15) is 0 Å². The van der Waals surface area contributed by atoms with Crippen molar-refractivity contribution in [2.45, 2.75) is 32.1 Å². The van der Waals surface area contributed by atoms with Crippen LogP contribution in [0.15, 0.2) is 18.2 Å². The SMILES string of the molecule is COc1ccc(CCNC(=O)[C@H]2CCCC[C@@H]2C(=O)[O-])cc1OC. The Labute approximate surface area is 142 Å². The van der Waals surface area contributed by atoms with Gasteiger partial charge in [0.2, 0.25) is 5.91 Å². The minimum absolute atomic E-state index is 0.190. The van der Waals surface area contributed by atoms with Crippen molar-refractivity contribution < 1.29 is 24.2 Å². The maximum absolute atomic E-state index is 12.3. The number of hydrogen-bond acceptors (Lipinski definition) is 5. The van der Waals surface area contributed by atoms with Gasteiger partial charge < -0.3 is 24.7 Å². The molecule has 1 aromatic rings. The van der Waals surface area contributed by atoms with Crippen LogP contribution in [0.3, 0.4) is 0 Å². The molecule has 2 atom stereocenters. The van der Waals surface area contributed by atoms with Crippen LogP contribution in [0, 0.1) is 11.8 Å². The van der Waals surface area contributed by atoms with Crippen molar-refractivity contribution in [1.82, 2.24) is 5.32 Å². The average Bonchev–Trinajstić information content (AvgIpc) is 2.61. The molecule has 132 valence electrons.